The van der Waals surface area contributed by atoms with Crippen LogP contribution in [0.3, 0.4) is 0 Å². The molecule has 98 valence electrons. The molecule has 0 aromatic heterocycles. The molecule has 5 nitrogen and oxygen atoms in total. The van der Waals surface area contributed by atoms with Crippen molar-refractivity contribution in [3.8, 4) is 6.07 Å². The fourth-order valence-corrected chi connectivity index (χ4v) is 2.73. The van der Waals surface area contributed by atoms with E-state index in [2.05, 4.69) is 0 Å². The monoisotopic (exact) mass is 268 g/mol. The van der Waals surface area contributed by atoms with E-state index in [-0.39, 0.29) is 19.7 Å². The summed E-state index contributed by atoms with van der Waals surface area (Å²) < 4.78 is 25.2. The van der Waals surface area contributed by atoms with Crippen molar-refractivity contribution < 1.29 is 13.5 Å². The molecule has 0 aliphatic carbocycles. The first-order valence-corrected chi connectivity index (χ1v) is 7.06. The van der Waals surface area contributed by atoms with Crippen LogP contribution in [0.4, 0.5) is 0 Å². The highest BCUT2D eigenvalue weighted by Crippen LogP contribution is 2.13. The molecule has 1 unspecified atom stereocenters. The van der Waals surface area contributed by atoms with E-state index in [0.29, 0.717) is 0 Å². The molecule has 6 heteroatoms. The van der Waals surface area contributed by atoms with Crippen molar-refractivity contribution in [3.05, 3.63) is 35.9 Å². The van der Waals surface area contributed by atoms with Crippen LogP contribution >= 0.6 is 0 Å². The molecule has 1 N–H and O–H groups in total. The van der Waals surface area contributed by atoms with Crippen molar-refractivity contribution in [2.24, 2.45) is 0 Å². The number of aliphatic hydroxyl groups is 1. The van der Waals surface area contributed by atoms with Gasteiger partial charge in [0.1, 0.15) is 0 Å². The molecule has 0 heterocycles. The fraction of sp³-hybridized carbons (Fsp3) is 0.417. The van der Waals surface area contributed by atoms with Gasteiger partial charge in [0.25, 0.3) is 0 Å². The highest BCUT2D eigenvalue weighted by molar-refractivity contribution is 7.89. The third-order valence-corrected chi connectivity index (χ3v) is 4.57. The minimum absolute atomic E-state index is 0.0107. The Morgan fingerprint density at radius 3 is 2.50 bits per heavy atom. The molecule has 0 saturated heterocycles. The maximum Gasteiger partial charge on any atom is 0.230 e. The summed E-state index contributed by atoms with van der Waals surface area (Å²) in [6, 6.07) is 10.8. The number of benzene rings is 1. The smallest absolute Gasteiger partial charge is 0.230 e. The van der Waals surface area contributed by atoms with Crippen LogP contribution in [0, 0.1) is 11.3 Å². The Morgan fingerprint density at radius 1 is 1.39 bits per heavy atom. The Morgan fingerprint density at radius 2 is 2.00 bits per heavy atom. The van der Waals surface area contributed by atoms with Gasteiger partial charge in [-0.15, -0.1) is 0 Å². The molecule has 0 amide bonds. The first-order chi connectivity index (χ1) is 8.52. The van der Waals surface area contributed by atoms with Gasteiger partial charge in [0, 0.05) is 13.1 Å². The number of sulfonamides is 1. The van der Waals surface area contributed by atoms with E-state index >= 15 is 0 Å². The number of nitrogens with zero attached hydrogens (tertiary/aromatic N) is 2. The van der Waals surface area contributed by atoms with Crippen molar-refractivity contribution in [3.63, 3.8) is 0 Å². The molecule has 1 aromatic rings. The second-order valence-electron chi connectivity index (χ2n) is 3.86. The van der Waals surface area contributed by atoms with Gasteiger partial charge in [-0.1, -0.05) is 30.3 Å². The van der Waals surface area contributed by atoms with Crippen molar-refractivity contribution in [1.29, 1.82) is 5.26 Å². The van der Waals surface area contributed by atoms with Crippen LogP contribution in [-0.2, 0) is 16.6 Å². The zero-order chi connectivity index (χ0) is 13.6. The van der Waals surface area contributed by atoms with E-state index in [1.807, 2.05) is 18.2 Å². The van der Waals surface area contributed by atoms with E-state index in [9.17, 15) is 8.42 Å². The average Bonchev–Trinajstić information content (AvgIpc) is 2.38. The predicted octanol–water partition coefficient (Wildman–Crippen LogP) is 0.723. The lowest BCUT2D eigenvalue weighted by molar-refractivity contribution is 0.250. The van der Waals surface area contributed by atoms with Crippen LogP contribution in [0.1, 0.15) is 12.5 Å². The van der Waals surface area contributed by atoms with Gasteiger partial charge in [-0.2, -0.15) is 9.57 Å². The number of nitriles is 1. The summed E-state index contributed by atoms with van der Waals surface area (Å²) in [5.41, 5.74) is 0.819. The third kappa shape index (κ3) is 3.53. The maximum absolute atomic E-state index is 12.0. The Bertz CT molecular complexity index is 508. The van der Waals surface area contributed by atoms with E-state index in [1.54, 1.807) is 18.2 Å². The molecular weight excluding hydrogens is 252 g/mol. The first-order valence-electron chi connectivity index (χ1n) is 5.55. The van der Waals surface area contributed by atoms with Crippen LogP contribution in [0.25, 0.3) is 0 Å². The summed E-state index contributed by atoms with van der Waals surface area (Å²) in [5, 5.41) is 16.6. The summed E-state index contributed by atoms with van der Waals surface area (Å²) in [6.45, 7) is 1.22. The van der Waals surface area contributed by atoms with Crippen molar-refractivity contribution >= 4 is 10.0 Å². The molecule has 0 fully saturated rings. The molecule has 0 radical (unpaired) electrons. The third-order valence-electron chi connectivity index (χ3n) is 2.54. The molecule has 1 atom stereocenters. The summed E-state index contributed by atoms with van der Waals surface area (Å²) in [7, 11) is -3.70. The molecule has 1 aromatic carbocycles. The van der Waals surface area contributed by atoms with Gasteiger partial charge in [-0.25, -0.2) is 8.42 Å². The van der Waals surface area contributed by atoms with Gasteiger partial charge in [0.2, 0.25) is 10.0 Å². The second-order valence-corrected chi connectivity index (χ2v) is 6.11. The summed E-state index contributed by atoms with van der Waals surface area (Å²) in [6.07, 6.45) is 0. The van der Waals surface area contributed by atoms with Crippen LogP contribution < -0.4 is 0 Å². The first kappa shape index (κ1) is 14.6. The number of hydrogen-bond donors (Lipinski definition) is 1. The van der Waals surface area contributed by atoms with Crippen LogP contribution in [0.5, 0.6) is 0 Å². The van der Waals surface area contributed by atoms with Crippen LogP contribution in [0.15, 0.2) is 30.3 Å². The number of aliphatic hydroxyl groups excluding tert-OH is 1. The van der Waals surface area contributed by atoms with Gasteiger partial charge in [-0.3, -0.25) is 0 Å². The molecule has 1 rings (SSSR count). The van der Waals surface area contributed by atoms with E-state index in [4.69, 9.17) is 10.4 Å². The minimum atomic E-state index is -3.70. The van der Waals surface area contributed by atoms with E-state index in [1.165, 1.54) is 6.92 Å². The Kier molecular flexibility index (Phi) is 5.28. The Balaban J connectivity index is 2.94. The van der Waals surface area contributed by atoms with E-state index < -0.39 is 15.3 Å². The SMILES string of the molecule is CC(C#N)S(=O)(=O)N(CCO)Cc1ccccc1. The van der Waals surface area contributed by atoms with Gasteiger partial charge in [0.15, 0.2) is 5.25 Å². The van der Waals surface area contributed by atoms with Gasteiger partial charge >= 0.3 is 0 Å². The van der Waals surface area contributed by atoms with Crippen molar-refractivity contribution in [2.45, 2.75) is 18.7 Å². The Labute approximate surface area is 107 Å². The second kappa shape index (κ2) is 6.50. The molecular formula is C12H16N2O3S. The standard InChI is InChI=1S/C12H16N2O3S/c1-11(9-13)18(16,17)14(7-8-15)10-12-5-3-2-4-6-12/h2-6,11,15H,7-8,10H2,1H3. The molecule has 0 spiro atoms. The quantitative estimate of drug-likeness (QED) is 0.824. The van der Waals surface area contributed by atoms with Crippen LogP contribution in [0.2, 0.25) is 0 Å². The lowest BCUT2D eigenvalue weighted by Crippen LogP contribution is -2.38. The lowest BCUT2D eigenvalue weighted by atomic mass is 10.2. The molecule has 0 aliphatic rings. The summed E-state index contributed by atoms with van der Waals surface area (Å²) in [5.74, 6) is 0. The van der Waals surface area contributed by atoms with Gasteiger partial charge in [0.05, 0.1) is 12.7 Å². The molecule has 0 bridgehead atoms. The Hall–Kier alpha value is -1.42. The average molecular weight is 268 g/mol. The normalized spacial score (nSPS) is 13.2. The molecule has 18 heavy (non-hydrogen) atoms. The van der Waals surface area contributed by atoms with Gasteiger partial charge < -0.3 is 5.11 Å². The zero-order valence-electron chi connectivity index (χ0n) is 10.2. The van der Waals surface area contributed by atoms with E-state index in [0.717, 1.165) is 9.87 Å². The fourth-order valence-electron chi connectivity index (χ4n) is 1.49. The number of hydrogen-bond acceptors (Lipinski definition) is 4. The lowest BCUT2D eigenvalue weighted by Gasteiger charge is -2.22. The van der Waals surface area contributed by atoms with Gasteiger partial charge in [-0.05, 0) is 12.5 Å². The van der Waals surface area contributed by atoms with Crippen molar-refractivity contribution in [2.75, 3.05) is 13.2 Å². The largest absolute Gasteiger partial charge is 0.395 e. The predicted molar refractivity (Wildman–Crippen MR) is 67.9 cm³/mol. The molecule has 0 aliphatic heterocycles. The summed E-state index contributed by atoms with van der Waals surface area (Å²) in [4.78, 5) is 0. The zero-order valence-corrected chi connectivity index (χ0v) is 11.0. The number of rotatable bonds is 6. The minimum Gasteiger partial charge on any atom is -0.395 e. The highest BCUT2D eigenvalue weighted by Gasteiger charge is 2.28. The topological polar surface area (TPSA) is 81.4 Å². The summed E-state index contributed by atoms with van der Waals surface area (Å²) >= 11 is 0. The maximum atomic E-state index is 12.0. The molecule has 0 saturated carbocycles. The van der Waals surface area contributed by atoms with Crippen molar-refractivity contribution in [1.82, 2.24) is 4.31 Å². The highest BCUT2D eigenvalue weighted by atomic mass is 32.2. The van der Waals surface area contributed by atoms with Crippen LogP contribution in [-0.4, -0.2) is 36.2 Å².